The summed E-state index contributed by atoms with van der Waals surface area (Å²) in [5.74, 6) is 0.207. The van der Waals surface area contributed by atoms with E-state index < -0.39 is 0 Å². The first-order valence-corrected chi connectivity index (χ1v) is 4.23. The van der Waals surface area contributed by atoms with E-state index in [4.69, 9.17) is 0 Å². The number of hydrogen-bond acceptors (Lipinski definition) is 2. The molecule has 2 rings (SSSR count). The van der Waals surface area contributed by atoms with Gasteiger partial charge in [-0.15, -0.1) is 0 Å². The molecule has 0 aromatic heterocycles. The Kier molecular flexibility index (Phi) is 1.68. The lowest BCUT2D eigenvalue weighted by Crippen LogP contribution is -2.28. The van der Waals surface area contributed by atoms with Crippen molar-refractivity contribution in [3.8, 4) is 0 Å². The molecule has 2 atom stereocenters. The van der Waals surface area contributed by atoms with Crippen molar-refractivity contribution in [2.75, 3.05) is 0 Å². The minimum atomic E-state index is -0.0287. The zero-order chi connectivity index (χ0) is 8.55. The lowest BCUT2D eigenvalue weighted by Gasteiger charge is -2.21. The van der Waals surface area contributed by atoms with Crippen LogP contribution in [0.5, 0.6) is 0 Å². The predicted octanol–water partition coefficient (Wildman–Crippen LogP) is 1.53. The molecular formula is C10H11NO. The molecule has 2 unspecified atom stereocenters. The molecule has 0 aromatic rings. The van der Waals surface area contributed by atoms with Gasteiger partial charge in [-0.1, -0.05) is 25.2 Å². The third kappa shape index (κ3) is 1.04. The second kappa shape index (κ2) is 2.70. The van der Waals surface area contributed by atoms with Gasteiger partial charge in [-0.3, -0.25) is 9.79 Å². The highest BCUT2D eigenvalue weighted by Crippen LogP contribution is 2.22. The molecule has 0 aromatic carbocycles. The number of fused-ring (bicyclic) bond motifs is 1. The maximum Gasteiger partial charge on any atom is 0.169 e. The fourth-order valence-corrected chi connectivity index (χ4v) is 1.56. The van der Waals surface area contributed by atoms with Crippen molar-refractivity contribution >= 4 is 12.0 Å². The van der Waals surface area contributed by atoms with Crippen molar-refractivity contribution in [1.82, 2.24) is 0 Å². The lowest BCUT2D eigenvalue weighted by molar-refractivity contribution is -0.117. The molecule has 2 aliphatic rings. The number of ketones is 1. The van der Waals surface area contributed by atoms with Gasteiger partial charge in [0, 0.05) is 11.8 Å². The summed E-state index contributed by atoms with van der Waals surface area (Å²) in [5, 5.41) is 0. The quantitative estimate of drug-likeness (QED) is 0.495. The summed E-state index contributed by atoms with van der Waals surface area (Å²) < 4.78 is 0. The summed E-state index contributed by atoms with van der Waals surface area (Å²) in [6.07, 6.45) is 8.66. The molecular weight excluding hydrogens is 150 g/mol. The second-order valence-electron chi connectivity index (χ2n) is 3.22. The molecule has 0 saturated carbocycles. The third-order valence-electron chi connectivity index (χ3n) is 2.28. The first-order chi connectivity index (χ1) is 5.79. The number of nitrogens with zero attached hydrogens (tertiary/aromatic N) is 1. The number of hydrogen-bond donors (Lipinski definition) is 0. The molecule has 2 nitrogen and oxygen atoms in total. The van der Waals surface area contributed by atoms with Crippen LogP contribution in [0.15, 0.2) is 28.8 Å². The van der Waals surface area contributed by atoms with Gasteiger partial charge in [-0.2, -0.15) is 0 Å². The monoisotopic (exact) mass is 161 g/mol. The number of rotatable bonds is 0. The number of allylic oxidation sites excluding steroid dienone is 2. The van der Waals surface area contributed by atoms with Crippen LogP contribution in [0.1, 0.15) is 13.3 Å². The minimum Gasteiger partial charge on any atom is -0.294 e. The predicted molar refractivity (Wildman–Crippen MR) is 48.3 cm³/mol. The van der Waals surface area contributed by atoms with Crippen molar-refractivity contribution in [2.24, 2.45) is 10.9 Å². The fourth-order valence-electron chi connectivity index (χ4n) is 1.56. The Bertz CT molecular complexity index is 299. The second-order valence-corrected chi connectivity index (χ2v) is 3.22. The molecule has 0 radical (unpaired) electrons. The van der Waals surface area contributed by atoms with Crippen molar-refractivity contribution in [2.45, 2.75) is 19.4 Å². The highest BCUT2D eigenvalue weighted by atomic mass is 16.1. The van der Waals surface area contributed by atoms with Crippen molar-refractivity contribution in [3.05, 3.63) is 23.8 Å². The van der Waals surface area contributed by atoms with Crippen LogP contribution in [0, 0.1) is 5.92 Å². The zero-order valence-corrected chi connectivity index (χ0v) is 7.03. The molecule has 2 heteroatoms. The van der Waals surface area contributed by atoms with Gasteiger partial charge in [0.2, 0.25) is 0 Å². The van der Waals surface area contributed by atoms with Gasteiger partial charge < -0.3 is 0 Å². The summed E-state index contributed by atoms with van der Waals surface area (Å²) in [7, 11) is 0. The Labute approximate surface area is 71.7 Å². The van der Waals surface area contributed by atoms with Crippen molar-refractivity contribution < 1.29 is 4.79 Å². The van der Waals surface area contributed by atoms with Crippen LogP contribution in [-0.2, 0) is 4.79 Å². The third-order valence-corrected chi connectivity index (χ3v) is 2.28. The number of carbonyl (C=O) groups excluding carboxylic acids is 1. The summed E-state index contributed by atoms with van der Waals surface area (Å²) in [6.45, 7) is 1.89. The van der Waals surface area contributed by atoms with E-state index in [1.807, 2.05) is 19.1 Å². The molecule has 1 aliphatic carbocycles. The highest BCUT2D eigenvalue weighted by molar-refractivity contribution is 6.08. The average molecular weight is 161 g/mol. The van der Waals surface area contributed by atoms with Gasteiger partial charge in [-0.05, 0) is 6.42 Å². The van der Waals surface area contributed by atoms with Crippen LogP contribution in [0.4, 0.5) is 0 Å². The summed E-state index contributed by atoms with van der Waals surface area (Å²) in [6, 6.07) is 0.0162. The van der Waals surface area contributed by atoms with Gasteiger partial charge in [0.05, 0.1) is 12.0 Å². The molecule has 62 valence electrons. The SMILES string of the molecule is CC1C=NC2C=CCC=C2C1=O. The molecule has 12 heavy (non-hydrogen) atoms. The van der Waals surface area contributed by atoms with Crippen LogP contribution < -0.4 is 0 Å². The van der Waals surface area contributed by atoms with Crippen LogP contribution in [-0.4, -0.2) is 18.0 Å². The maximum absolute atomic E-state index is 11.6. The van der Waals surface area contributed by atoms with Crippen LogP contribution in [0.25, 0.3) is 0 Å². The molecule has 0 fully saturated rings. The van der Waals surface area contributed by atoms with Crippen molar-refractivity contribution in [3.63, 3.8) is 0 Å². The van der Waals surface area contributed by atoms with Crippen LogP contribution in [0.3, 0.4) is 0 Å². The fraction of sp³-hybridized carbons (Fsp3) is 0.400. The maximum atomic E-state index is 11.6. The zero-order valence-electron chi connectivity index (χ0n) is 7.03. The van der Waals surface area contributed by atoms with E-state index in [0.717, 1.165) is 12.0 Å². The van der Waals surface area contributed by atoms with E-state index in [1.54, 1.807) is 6.21 Å². The smallest absolute Gasteiger partial charge is 0.169 e. The Morgan fingerprint density at radius 2 is 2.42 bits per heavy atom. The number of Topliss-reactive ketones (excluding diaryl/α,β-unsaturated/α-hetero) is 1. The van der Waals surface area contributed by atoms with Crippen molar-refractivity contribution in [1.29, 1.82) is 0 Å². The van der Waals surface area contributed by atoms with E-state index in [0.29, 0.717) is 0 Å². The molecule has 0 amide bonds. The molecule has 0 N–H and O–H groups in total. The van der Waals surface area contributed by atoms with E-state index in [9.17, 15) is 4.79 Å². The topological polar surface area (TPSA) is 29.4 Å². The van der Waals surface area contributed by atoms with Gasteiger partial charge in [0.15, 0.2) is 5.78 Å². The van der Waals surface area contributed by atoms with E-state index in [2.05, 4.69) is 11.1 Å². The Balaban J connectivity index is 2.38. The summed E-state index contributed by atoms with van der Waals surface area (Å²) in [5.41, 5.74) is 0.882. The van der Waals surface area contributed by atoms with Gasteiger partial charge in [-0.25, -0.2) is 0 Å². The minimum absolute atomic E-state index is 0.0162. The molecule has 0 saturated heterocycles. The van der Waals surface area contributed by atoms with E-state index in [1.165, 1.54) is 0 Å². The molecule has 0 bridgehead atoms. The Hall–Kier alpha value is -1.18. The molecule has 0 spiro atoms. The van der Waals surface area contributed by atoms with Gasteiger partial charge in [0.25, 0.3) is 0 Å². The van der Waals surface area contributed by atoms with E-state index >= 15 is 0 Å². The van der Waals surface area contributed by atoms with Crippen LogP contribution >= 0.6 is 0 Å². The molecule has 1 heterocycles. The lowest BCUT2D eigenvalue weighted by atomic mass is 9.88. The normalized spacial score (nSPS) is 33.1. The van der Waals surface area contributed by atoms with E-state index in [-0.39, 0.29) is 17.7 Å². The standard InChI is InChI=1S/C10H11NO/c1-7-6-11-9-5-3-2-4-8(9)10(7)12/h3-7,9H,2H2,1H3. The van der Waals surface area contributed by atoms with Gasteiger partial charge >= 0.3 is 0 Å². The van der Waals surface area contributed by atoms with Gasteiger partial charge in [0.1, 0.15) is 0 Å². The number of carbonyl (C=O) groups is 1. The largest absolute Gasteiger partial charge is 0.294 e. The summed E-state index contributed by atoms with van der Waals surface area (Å²) >= 11 is 0. The average Bonchev–Trinajstić information content (AvgIpc) is 2.12. The molecule has 1 aliphatic heterocycles. The summed E-state index contributed by atoms with van der Waals surface area (Å²) in [4.78, 5) is 15.8. The Morgan fingerprint density at radius 3 is 3.25 bits per heavy atom. The highest BCUT2D eigenvalue weighted by Gasteiger charge is 2.26. The Morgan fingerprint density at radius 1 is 1.58 bits per heavy atom. The number of aliphatic imine (C=N–C) groups is 1. The first kappa shape index (κ1) is 7.47. The van der Waals surface area contributed by atoms with Crippen LogP contribution in [0.2, 0.25) is 0 Å². The first-order valence-electron chi connectivity index (χ1n) is 4.23.